The number of nitrogens with zero attached hydrogens (tertiary/aromatic N) is 3. The predicted octanol–water partition coefficient (Wildman–Crippen LogP) is 1.93. The van der Waals surface area contributed by atoms with E-state index in [0.717, 1.165) is 12.0 Å². The Morgan fingerprint density at radius 1 is 1.32 bits per heavy atom. The second-order valence-electron chi connectivity index (χ2n) is 6.02. The van der Waals surface area contributed by atoms with E-state index in [9.17, 15) is 9.90 Å². The van der Waals surface area contributed by atoms with E-state index in [0.29, 0.717) is 24.3 Å². The van der Waals surface area contributed by atoms with E-state index in [1.165, 1.54) is 0 Å². The lowest BCUT2D eigenvalue weighted by Gasteiger charge is -2.34. The number of carbonyl (C=O) groups excluding carboxylic acids is 1. The van der Waals surface area contributed by atoms with Crippen molar-refractivity contribution >= 4 is 5.91 Å². The molecule has 1 amide bonds. The molecule has 1 aromatic heterocycles. The van der Waals surface area contributed by atoms with Crippen molar-refractivity contribution in [3.63, 3.8) is 0 Å². The molecule has 1 aromatic carbocycles. The smallest absolute Gasteiger partial charge is 0.257 e. The Bertz CT molecular complexity index is 666. The SMILES string of the molecule is CC1CCN(C(=O)c2cn(C)nc2-c2ccccc2)CC1O. The molecule has 1 fully saturated rings. The number of aliphatic hydroxyl groups excluding tert-OH is 1. The Hall–Kier alpha value is -2.14. The van der Waals surface area contributed by atoms with Gasteiger partial charge < -0.3 is 10.0 Å². The van der Waals surface area contributed by atoms with Crippen molar-refractivity contribution in [3.8, 4) is 11.3 Å². The number of piperidine rings is 1. The highest BCUT2D eigenvalue weighted by atomic mass is 16.3. The van der Waals surface area contributed by atoms with Gasteiger partial charge in [0.2, 0.25) is 0 Å². The summed E-state index contributed by atoms with van der Waals surface area (Å²) < 4.78 is 1.67. The van der Waals surface area contributed by atoms with E-state index < -0.39 is 6.10 Å². The third-order valence-electron chi connectivity index (χ3n) is 4.31. The second-order valence-corrected chi connectivity index (χ2v) is 6.02. The number of aliphatic hydroxyl groups is 1. The minimum atomic E-state index is -0.449. The quantitative estimate of drug-likeness (QED) is 0.922. The Morgan fingerprint density at radius 3 is 2.73 bits per heavy atom. The van der Waals surface area contributed by atoms with Gasteiger partial charge in [0.1, 0.15) is 5.69 Å². The summed E-state index contributed by atoms with van der Waals surface area (Å²) in [4.78, 5) is 14.6. The average Bonchev–Trinajstić information content (AvgIpc) is 2.92. The molecule has 5 heteroatoms. The number of hydrogen-bond donors (Lipinski definition) is 1. The molecule has 116 valence electrons. The van der Waals surface area contributed by atoms with Gasteiger partial charge in [-0.05, 0) is 12.3 Å². The zero-order valence-electron chi connectivity index (χ0n) is 12.9. The maximum Gasteiger partial charge on any atom is 0.257 e. The van der Waals surface area contributed by atoms with Crippen molar-refractivity contribution in [2.75, 3.05) is 13.1 Å². The first-order valence-electron chi connectivity index (χ1n) is 7.62. The van der Waals surface area contributed by atoms with Crippen LogP contribution in [0.3, 0.4) is 0 Å². The van der Waals surface area contributed by atoms with Crippen molar-refractivity contribution in [2.24, 2.45) is 13.0 Å². The van der Waals surface area contributed by atoms with Gasteiger partial charge in [-0.15, -0.1) is 0 Å². The van der Waals surface area contributed by atoms with E-state index in [4.69, 9.17) is 0 Å². The number of β-amino-alcohol motifs (C(OH)–C–C–N with tert-alkyl or cyclic N) is 1. The van der Waals surface area contributed by atoms with Crippen LogP contribution in [0.15, 0.2) is 36.5 Å². The van der Waals surface area contributed by atoms with Gasteiger partial charge in [0.15, 0.2) is 0 Å². The fourth-order valence-corrected chi connectivity index (χ4v) is 2.86. The van der Waals surface area contributed by atoms with Crippen LogP contribution in [0.1, 0.15) is 23.7 Å². The molecule has 0 bridgehead atoms. The maximum atomic E-state index is 12.8. The van der Waals surface area contributed by atoms with Crippen molar-refractivity contribution < 1.29 is 9.90 Å². The van der Waals surface area contributed by atoms with Gasteiger partial charge in [-0.25, -0.2) is 0 Å². The average molecular weight is 299 g/mol. The normalized spacial score (nSPS) is 21.9. The first-order valence-corrected chi connectivity index (χ1v) is 7.62. The van der Waals surface area contributed by atoms with Gasteiger partial charge in [-0.3, -0.25) is 9.48 Å². The van der Waals surface area contributed by atoms with Gasteiger partial charge in [0, 0.05) is 31.9 Å². The number of hydrogen-bond acceptors (Lipinski definition) is 3. The number of aryl methyl sites for hydroxylation is 1. The van der Waals surface area contributed by atoms with Crippen LogP contribution in [0.4, 0.5) is 0 Å². The van der Waals surface area contributed by atoms with Gasteiger partial charge in [0.25, 0.3) is 5.91 Å². The maximum absolute atomic E-state index is 12.8. The van der Waals surface area contributed by atoms with E-state index in [1.54, 1.807) is 15.8 Å². The Labute approximate surface area is 130 Å². The number of rotatable bonds is 2. The van der Waals surface area contributed by atoms with Gasteiger partial charge in [0.05, 0.1) is 11.7 Å². The van der Waals surface area contributed by atoms with Gasteiger partial charge >= 0.3 is 0 Å². The highest BCUT2D eigenvalue weighted by Crippen LogP contribution is 2.25. The van der Waals surface area contributed by atoms with Crippen LogP contribution in [0, 0.1) is 5.92 Å². The number of amides is 1. The molecule has 2 aromatic rings. The summed E-state index contributed by atoms with van der Waals surface area (Å²) in [6, 6.07) is 9.71. The van der Waals surface area contributed by atoms with Crippen LogP contribution >= 0.6 is 0 Å². The number of benzene rings is 1. The molecule has 0 spiro atoms. The fourth-order valence-electron chi connectivity index (χ4n) is 2.86. The Kier molecular flexibility index (Phi) is 3.98. The van der Waals surface area contributed by atoms with Crippen molar-refractivity contribution in [2.45, 2.75) is 19.4 Å². The predicted molar refractivity (Wildman–Crippen MR) is 84.3 cm³/mol. The molecular formula is C17H21N3O2. The minimum Gasteiger partial charge on any atom is -0.391 e. The molecule has 5 nitrogen and oxygen atoms in total. The molecule has 0 radical (unpaired) electrons. The molecule has 3 rings (SSSR count). The van der Waals surface area contributed by atoms with Crippen LogP contribution < -0.4 is 0 Å². The first kappa shape index (κ1) is 14.8. The molecule has 1 aliphatic heterocycles. The standard InChI is InChI=1S/C17H21N3O2/c1-12-8-9-20(11-15(12)21)17(22)14-10-19(2)18-16(14)13-6-4-3-5-7-13/h3-7,10,12,15,21H,8-9,11H2,1-2H3. The van der Waals surface area contributed by atoms with E-state index in [2.05, 4.69) is 5.10 Å². The Morgan fingerprint density at radius 2 is 2.05 bits per heavy atom. The van der Waals surface area contributed by atoms with Crippen molar-refractivity contribution in [1.29, 1.82) is 0 Å². The molecule has 1 N–H and O–H groups in total. The van der Waals surface area contributed by atoms with Gasteiger partial charge in [-0.2, -0.15) is 5.10 Å². The van der Waals surface area contributed by atoms with Crippen LogP contribution in [0.2, 0.25) is 0 Å². The zero-order chi connectivity index (χ0) is 15.7. The summed E-state index contributed by atoms with van der Waals surface area (Å²) in [5.74, 6) is 0.185. The third kappa shape index (κ3) is 2.76. The molecule has 0 saturated carbocycles. The summed E-state index contributed by atoms with van der Waals surface area (Å²) >= 11 is 0. The van der Waals surface area contributed by atoms with Crippen molar-refractivity contribution in [1.82, 2.24) is 14.7 Å². The van der Waals surface area contributed by atoms with E-state index >= 15 is 0 Å². The lowest BCUT2D eigenvalue weighted by Crippen LogP contribution is -2.45. The number of carbonyl (C=O) groups is 1. The summed E-state index contributed by atoms with van der Waals surface area (Å²) in [5.41, 5.74) is 2.22. The van der Waals surface area contributed by atoms with E-state index in [-0.39, 0.29) is 11.8 Å². The lowest BCUT2D eigenvalue weighted by molar-refractivity contribution is 0.0249. The minimum absolute atomic E-state index is 0.0575. The molecule has 2 unspecified atom stereocenters. The number of aromatic nitrogens is 2. The molecule has 1 aliphatic rings. The summed E-state index contributed by atoms with van der Waals surface area (Å²) in [5, 5.41) is 14.5. The topological polar surface area (TPSA) is 58.4 Å². The monoisotopic (exact) mass is 299 g/mol. The Balaban J connectivity index is 1.90. The summed E-state index contributed by atoms with van der Waals surface area (Å²) in [7, 11) is 1.82. The molecular weight excluding hydrogens is 278 g/mol. The second kappa shape index (κ2) is 5.93. The number of likely N-dealkylation sites (tertiary alicyclic amines) is 1. The zero-order valence-corrected chi connectivity index (χ0v) is 12.9. The molecule has 0 aliphatic carbocycles. The van der Waals surface area contributed by atoms with E-state index in [1.807, 2.05) is 44.3 Å². The first-order chi connectivity index (χ1) is 10.6. The van der Waals surface area contributed by atoms with Crippen LogP contribution in [0.5, 0.6) is 0 Å². The fraction of sp³-hybridized carbons (Fsp3) is 0.412. The van der Waals surface area contributed by atoms with Gasteiger partial charge in [-0.1, -0.05) is 37.3 Å². The largest absolute Gasteiger partial charge is 0.391 e. The third-order valence-corrected chi connectivity index (χ3v) is 4.31. The lowest BCUT2D eigenvalue weighted by atomic mass is 9.95. The molecule has 2 atom stereocenters. The van der Waals surface area contributed by atoms with Crippen LogP contribution in [0.25, 0.3) is 11.3 Å². The molecule has 22 heavy (non-hydrogen) atoms. The van der Waals surface area contributed by atoms with Crippen LogP contribution in [-0.4, -0.2) is 44.9 Å². The molecule has 2 heterocycles. The van der Waals surface area contributed by atoms with Crippen molar-refractivity contribution in [3.05, 3.63) is 42.1 Å². The molecule has 1 saturated heterocycles. The highest BCUT2D eigenvalue weighted by Gasteiger charge is 2.30. The van der Waals surface area contributed by atoms with Crippen LogP contribution in [-0.2, 0) is 7.05 Å². The highest BCUT2D eigenvalue weighted by molar-refractivity contribution is 5.99. The summed E-state index contributed by atoms with van der Waals surface area (Å²) in [6.07, 6.45) is 2.14. The summed E-state index contributed by atoms with van der Waals surface area (Å²) in [6.45, 7) is 3.09.